The van der Waals surface area contributed by atoms with Crippen LogP contribution in [0.4, 0.5) is 10.5 Å². The number of esters is 2. The summed E-state index contributed by atoms with van der Waals surface area (Å²) >= 11 is 0. The van der Waals surface area contributed by atoms with E-state index in [1.54, 1.807) is 90.1 Å². The fourth-order valence-corrected chi connectivity index (χ4v) is 5.15. The molecule has 11 nitrogen and oxygen atoms in total. The molecule has 0 bridgehead atoms. The molecule has 0 saturated heterocycles. The van der Waals surface area contributed by atoms with Gasteiger partial charge in [0.15, 0.2) is 11.9 Å². The molecule has 0 aliphatic carbocycles. The van der Waals surface area contributed by atoms with Crippen molar-refractivity contribution in [3.63, 3.8) is 0 Å². The Morgan fingerprint density at radius 1 is 0.755 bits per heavy atom. The van der Waals surface area contributed by atoms with Gasteiger partial charge in [-0.3, -0.25) is 14.4 Å². The Morgan fingerprint density at radius 2 is 1.40 bits per heavy atom. The Kier molecular flexibility index (Phi) is 16.1. The van der Waals surface area contributed by atoms with E-state index in [9.17, 15) is 24.0 Å². The van der Waals surface area contributed by atoms with Crippen molar-refractivity contribution in [2.24, 2.45) is 0 Å². The lowest BCUT2D eigenvalue weighted by molar-refractivity contribution is -0.151. The van der Waals surface area contributed by atoms with Gasteiger partial charge in [-0.15, -0.1) is 0 Å². The van der Waals surface area contributed by atoms with E-state index in [2.05, 4.69) is 5.32 Å². The summed E-state index contributed by atoms with van der Waals surface area (Å²) in [6.07, 6.45) is 0.249. The molecule has 2 amide bonds. The van der Waals surface area contributed by atoms with E-state index in [-0.39, 0.29) is 50.5 Å². The monoisotopic (exact) mass is 730 g/mol. The van der Waals surface area contributed by atoms with E-state index in [4.69, 9.17) is 18.9 Å². The quantitative estimate of drug-likeness (QED) is 0.0780. The fraction of sp³-hybridized carbons (Fsp3) is 0.452. The first-order chi connectivity index (χ1) is 25.0. The summed E-state index contributed by atoms with van der Waals surface area (Å²) in [4.78, 5) is 65.8. The number of para-hydroxylation sites is 1. The summed E-state index contributed by atoms with van der Waals surface area (Å²) in [5.41, 5.74) is 0.971. The number of anilines is 1. The number of ether oxygens (including phenoxy) is 4. The summed E-state index contributed by atoms with van der Waals surface area (Å²) < 4.78 is 22.9. The van der Waals surface area contributed by atoms with Crippen molar-refractivity contribution < 1.29 is 42.9 Å². The Hall–Kier alpha value is -5.19. The van der Waals surface area contributed by atoms with Gasteiger partial charge in [-0.25, -0.2) is 9.59 Å². The summed E-state index contributed by atoms with van der Waals surface area (Å²) in [5.74, 6) is -1.08. The van der Waals surface area contributed by atoms with E-state index in [1.807, 2.05) is 37.3 Å². The van der Waals surface area contributed by atoms with Crippen LogP contribution in [-0.2, 0) is 30.2 Å². The van der Waals surface area contributed by atoms with Crippen LogP contribution in [0.5, 0.6) is 5.75 Å². The smallest absolute Gasteiger partial charge is 0.410 e. The van der Waals surface area contributed by atoms with Crippen molar-refractivity contribution >= 4 is 35.4 Å². The standard InChI is InChI=1S/C42H54N2O9/c1-8-27-44(40(49)53-42(5,6)7)28-33(29-50-36-18-13-12-17-34(36)35(45)26-21-30-15-10-9-11-16-30)51-38(47)20-14-19-37(46)43-32-24-22-31(23-25-32)39(48)52-41(2,3)4/h9-13,15-18,22-25,33H,8,14,19-21,26-29H2,1-7H3,(H,43,46). The lowest BCUT2D eigenvalue weighted by atomic mass is 10.0. The van der Waals surface area contributed by atoms with E-state index >= 15 is 0 Å². The second-order valence-electron chi connectivity index (χ2n) is 14.7. The molecule has 0 aliphatic rings. The third-order valence-electron chi connectivity index (χ3n) is 7.55. The number of nitrogens with one attached hydrogen (secondary N) is 1. The van der Waals surface area contributed by atoms with Crippen molar-refractivity contribution in [2.75, 3.05) is 25.0 Å². The molecule has 0 aromatic heterocycles. The number of amides is 2. The summed E-state index contributed by atoms with van der Waals surface area (Å²) in [6, 6.07) is 23.0. The number of nitrogens with zero attached hydrogens (tertiary/aromatic N) is 1. The van der Waals surface area contributed by atoms with Crippen LogP contribution in [0.1, 0.15) is 107 Å². The van der Waals surface area contributed by atoms with Crippen molar-refractivity contribution in [1.82, 2.24) is 4.90 Å². The van der Waals surface area contributed by atoms with E-state index < -0.39 is 35.3 Å². The van der Waals surface area contributed by atoms with Crippen LogP contribution in [-0.4, -0.2) is 71.6 Å². The molecule has 3 aromatic rings. The third kappa shape index (κ3) is 15.9. The van der Waals surface area contributed by atoms with Gasteiger partial charge in [-0.2, -0.15) is 0 Å². The zero-order chi connectivity index (χ0) is 39.0. The minimum absolute atomic E-state index is 0.00160. The second-order valence-corrected chi connectivity index (χ2v) is 14.7. The maximum atomic E-state index is 13.2. The van der Waals surface area contributed by atoms with Gasteiger partial charge in [0, 0.05) is 31.5 Å². The molecular formula is C42H54N2O9. The number of ketones is 1. The zero-order valence-corrected chi connectivity index (χ0v) is 32.1. The van der Waals surface area contributed by atoms with Gasteiger partial charge < -0.3 is 29.2 Å². The molecule has 11 heteroatoms. The van der Waals surface area contributed by atoms with Crippen LogP contribution in [0.15, 0.2) is 78.9 Å². The second kappa shape index (κ2) is 20.2. The molecule has 0 spiro atoms. The zero-order valence-electron chi connectivity index (χ0n) is 32.1. The highest BCUT2D eigenvalue weighted by molar-refractivity contribution is 5.98. The highest BCUT2D eigenvalue weighted by Gasteiger charge is 2.27. The normalized spacial score (nSPS) is 11.9. The molecular weight excluding hydrogens is 676 g/mol. The van der Waals surface area contributed by atoms with Crippen LogP contribution >= 0.6 is 0 Å². The number of benzene rings is 3. The first kappa shape index (κ1) is 42.2. The molecule has 1 N–H and O–H groups in total. The average Bonchev–Trinajstić information content (AvgIpc) is 3.08. The van der Waals surface area contributed by atoms with Crippen LogP contribution < -0.4 is 10.1 Å². The topological polar surface area (TPSA) is 138 Å². The minimum atomic E-state index is -0.897. The Bertz CT molecular complexity index is 1660. The van der Waals surface area contributed by atoms with Gasteiger partial charge >= 0.3 is 18.0 Å². The molecule has 3 rings (SSSR count). The maximum Gasteiger partial charge on any atom is 0.410 e. The molecule has 53 heavy (non-hydrogen) atoms. The lowest BCUT2D eigenvalue weighted by Gasteiger charge is -2.30. The molecule has 0 aliphatic heterocycles. The first-order valence-electron chi connectivity index (χ1n) is 18.1. The van der Waals surface area contributed by atoms with Crippen molar-refractivity contribution in [1.29, 1.82) is 0 Å². The fourth-order valence-electron chi connectivity index (χ4n) is 5.15. The number of rotatable bonds is 18. The van der Waals surface area contributed by atoms with Gasteiger partial charge in [0.25, 0.3) is 0 Å². The summed E-state index contributed by atoms with van der Waals surface area (Å²) in [6.45, 7) is 12.8. The molecule has 3 aromatic carbocycles. The summed E-state index contributed by atoms with van der Waals surface area (Å²) in [5, 5.41) is 2.76. The molecule has 0 fully saturated rings. The maximum absolute atomic E-state index is 13.2. The third-order valence-corrected chi connectivity index (χ3v) is 7.55. The highest BCUT2D eigenvalue weighted by atomic mass is 16.6. The number of carbonyl (C=O) groups excluding carboxylic acids is 5. The van der Waals surface area contributed by atoms with Crippen LogP contribution in [0, 0.1) is 0 Å². The number of Topliss-reactive ketones (excluding diaryl/α,β-unsaturated/α-hetero) is 1. The van der Waals surface area contributed by atoms with Crippen molar-refractivity contribution in [2.45, 2.75) is 104 Å². The number of aryl methyl sites for hydroxylation is 1. The van der Waals surface area contributed by atoms with Gasteiger partial charge in [0.1, 0.15) is 23.6 Å². The largest absolute Gasteiger partial charge is 0.489 e. The number of carbonyl (C=O) groups is 5. The predicted molar refractivity (Wildman–Crippen MR) is 203 cm³/mol. The van der Waals surface area contributed by atoms with Crippen molar-refractivity contribution in [3.8, 4) is 5.75 Å². The van der Waals surface area contributed by atoms with E-state index in [1.165, 1.54) is 4.90 Å². The van der Waals surface area contributed by atoms with Gasteiger partial charge in [0.05, 0.1) is 17.7 Å². The number of hydrogen-bond donors (Lipinski definition) is 1. The van der Waals surface area contributed by atoms with Crippen LogP contribution in [0.25, 0.3) is 0 Å². The molecule has 0 saturated carbocycles. The molecule has 286 valence electrons. The Labute approximate surface area is 313 Å². The first-order valence-corrected chi connectivity index (χ1v) is 18.1. The average molecular weight is 731 g/mol. The van der Waals surface area contributed by atoms with Gasteiger partial charge in [-0.05, 0) is 103 Å². The van der Waals surface area contributed by atoms with Gasteiger partial charge in [0.2, 0.25) is 5.91 Å². The number of hydrogen-bond acceptors (Lipinski definition) is 9. The minimum Gasteiger partial charge on any atom is -0.489 e. The predicted octanol–water partition coefficient (Wildman–Crippen LogP) is 8.20. The highest BCUT2D eigenvalue weighted by Crippen LogP contribution is 2.22. The van der Waals surface area contributed by atoms with Crippen molar-refractivity contribution in [3.05, 3.63) is 95.6 Å². The molecule has 1 atom stereocenters. The van der Waals surface area contributed by atoms with Gasteiger partial charge in [-0.1, -0.05) is 49.4 Å². The van der Waals surface area contributed by atoms with E-state index in [0.29, 0.717) is 42.0 Å². The Morgan fingerprint density at radius 3 is 2.04 bits per heavy atom. The molecule has 0 radical (unpaired) electrons. The Balaban J connectivity index is 1.63. The summed E-state index contributed by atoms with van der Waals surface area (Å²) in [7, 11) is 0. The van der Waals surface area contributed by atoms with E-state index in [0.717, 1.165) is 5.56 Å². The van der Waals surface area contributed by atoms with Crippen LogP contribution in [0.3, 0.4) is 0 Å². The molecule has 0 heterocycles. The van der Waals surface area contributed by atoms with Crippen LogP contribution in [0.2, 0.25) is 0 Å². The molecule has 1 unspecified atom stereocenters. The SMILES string of the molecule is CCCN(CC(COc1ccccc1C(=O)CCc1ccccc1)OC(=O)CCCC(=O)Nc1ccc(C(=O)OC(C)(C)C)cc1)C(=O)OC(C)(C)C. The lowest BCUT2D eigenvalue weighted by Crippen LogP contribution is -2.44.